The van der Waals surface area contributed by atoms with Gasteiger partial charge in [-0.1, -0.05) is 17.7 Å². The Morgan fingerprint density at radius 3 is 2.50 bits per heavy atom. The Morgan fingerprint density at radius 2 is 1.94 bits per heavy atom. The molecule has 0 aliphatic heterocycles. The second-order valence-corrected chi connectivity index (χ2v) is 4.83. The molecule has 0 saturated carbocycles. The van der Waals surface area contributed by atoms with E-state index in [2.05, 4.69) is 10.6 Å². The highest BCUT2D eigenvalue weighted by atomic mass is 35.5. The number of carbonyl (C=O) groups excluding carboxylic acids is 1. The number of rotatable bonds is 3. The molecule has 3 N–H and O–H groups in total. The molecule has 2 amide bonds. The van der Waals surface area contributed by atoms with Crippen LogP contribution in [0.1, 0.15) is 19.4 Å². The normalized spacial score (nSPS) is 10.9. The summed E-state index contributed by atoms with van der Waals surface area (Å²) >= 11 is 5.92. The first-order valence-electron chi connectivity index (χ1n) is 5.31. The number of carbonyl (C=O) groups is 2. The second-order valence-electron chi connectivity index (χ2n) is 4.42. The van der Waals surface area contributed by atoms with Crippen molar-refractivity contribution in [2.45, 2.75) is 26.3 Å². The standard InChI is InChI=1S/C12H15ClN2O3/c1-7-8(13)5-4-6-9(7)14-11(18)15-12(2,3)10(16)17/h4-6H,1-3H3,(H,16,17)(H2,14,15,18). The van der Waals surface area contributed by atoms with E-state index < -0.39 is 17.5 Å². The van der Waals surface area contributed by atoms with Crippen LogP contribution in [0.4, 0.5) is 10.5 Å². The number of urea groups is 1. The first-order chi connectivity index (χ1) is 8.24. The smallest absolute Gasteiger partial charge is 0.328 e. The van der Waals surface area contributed by atoms with Crippen molar-refractivity contribution in [2.75, 3.05) is 5.32 Å². The van der Waals surface area contributed by atoms with Crippen LogP contribution in [0.2, 0.25) is 5.02 Å². The molecule has 5 nitrogen and oxygen atoms in total. The van der Waals surface area contributed by atoms with Gasteiger partial charge in [-0.25, -0.2) is 9.59 Å². The maximum Gasteiger partial charge on any atom is 0.328 e. The number of anilines is 1. The second kappa shape index (κ2) is 5.27. The van der Waals surface area contributed by atoms with Gasteiger partial charge in [0.15, 0.2) is 0 Å². The zero-order valence-corrected chi connectivity index (χ0v) is 11.1. The van der Waals surface area contributed by atoms with Gasteiger partial charge in [0.1, 0.15) is 5.54 Å². The predicted octanol–water partition coefficient (Wildman–Crippen LogP) is 2.63. The molecule has 0 heterocycles. The molecule has 0 aliphatic rings. The average Bonchev–Trinajstić information content (AvgIpc) is 2.23. The van der Waals surface area contributed by atoms with Crippen LogP contribution in [0.5, 0.6) is 0 Å². The maximum atomic E-state index is 11.7. The van der Waals surface area contributed by atoms with Crippen LogP contribution in [-0.4, -0.2) is 22.6 Å². The van der Waals surface area contributed by atoms with Crippen LogP contribution in [-0.2, 0) is 4.79 Å². The molecular formula is C12H15ClN2O3. The van der Waals surface area contributed by atoms with Crippen LogP contribution in [0.3, 0.4) is 0 Å². The third-order valence-electron chi connectivity index (χ3n) is 2.48. The van der Waals surface area contributed by atoms with Gasteiger partial charge in [-0.05, 0) is 38.5 Å². The van der Waals surface area contributed by atoms with Crippen molar-refractivity contribution in [3.05, 3.63) is 28.8 Å². The molecule has 0 spiro atoms. The van der Waals surface area contributed by atoms with Crippen molar-refractivity contribution >= 4 is 29.3 Å². The average molecular weight is 271 g/mol. The molecule has 1 aromatic rings. The number of benzene rings is 1. The van der Waals surface area contributed by atoms with Crippen LogP contribution < -0.4 is 10.6 Å². The monoisotopic (exact) mass is 270 g/mol. The number of amides is 2. The van der Waals surface area contributed by atoms with Gasteiger partial charge < -0.3 is 15.7 Å². The van der Waals surface area contributed by atoms with E-state index in [-0.39, 0.29) is 0 Å². The topological polar surface area (TPSA) is 78.4 Å². The van der Waals surface area contributed by atoms with Crippen molar-refractivity contribution < 1.29 is 14.7 Å². The van der Waals surface area contributed by atoms with Crippen molar-refractivity contribution in [3.63, 3.8) is 0 Å². The van der Waals surface area contributed by atoms with Crippen molar-refractivity contribution in [3.8, 4) is 0 Å². The van der Waals surface area contributed by atoms with Gasteiger partial charge in [0.25, 0.3) is 0 Å². The van der Waals surface area contributed by atoms with E-state index in [1.165, 1.54) is 13.8 Å². The minimum Gasteiger partial charge on any atom is -0.480 e. The van der Waals surface area contributed by atoms with Crippen LogP contribution in [0.15, 0.2) is 18.2 Å². The van der Waals surface area contributed by atoms with Gasteiger partial charge in [0.05, 0.1) is 0 Å². The molecule has 6 heteroatoms. The molecule has 1 aromatic carbocycles. The lowest BCUT2D eigenvalue weighted by molar-refractivity contribution is -0.142. The summed E-state index contributed by atoms with van der Waals surface area (Å²) in [4.78, 5) is 22.5. The molecule has 0 bridgehead atoms. The van der Waals surface area contributed by atoms with Gasteiger partial charge >= 0.3 is 12.0 Å². The molecule has 0 saturated heterocycles. The van der Waals surface area contributed by atoms with Gasteiger partial charge in [-0.2, -0.15) is 0 Å². The van der Waals surface area contributed by atoms with E-state index in [1.54, 1.807) is 25.1 Å². The fourth-order valence-corrected chi connectivity index (χ4v) is 1.41. The highest BCUT2D eigenvalue weighted by Crippen LogP contribution is 2.22. The van der Waals surface area contributed by atoms with E-state index >= 15 is 0 Å². The molecule has 0 aromatic heterocycles. The summed E-state index contributed by atoms with van der Waals surface area (Å²) in [6.07, 6.45) is 0. The Labute approximate surface area is 110 Å². The molecule has 0 unspecified atom stereocenters. The number of aliphatic carboxylic acids is 1. The van der Waals surface area contributed by atoms with E-state index in [0.717, 1.165) is 5.56 Å². The third-order valence-corrected chi connectivity index (χ3v) is 2.89. The summed E-state index contributed by atoms with van der Waals surface area (Å²) in [5.41, 5.74) is -0.0695. The molecule has 0 atom stereocenters. The van der Waals surface area contributed by atoms with E-state index in [4.69, 9.17) is 16.7 Å². The number of nitrogens with one attached hydrogen (secondary N) is 2. The predicted molar refractivity (Wildman–Crippen MR) is 70.1 cm³/mol. The summed E-state index contributed by atoms with van der Waals surface area (Å²) in [6.45, 7) is 4.57. The molecule has 18 heavy (non-hydrogen) atoms. The Kier molecular flexibility index (Phi) is 4.19. The Balaban J connectivity index is 2.77. The fourth-order valence-electron chi connectivity index (χ4n) is 1.23. The van der Waals surface area contributed by atoms with Gasteiger partial charge in [-0.15, -0.1) is 0 Å². The molecule has 98 valence electrons. The lowest BCUT2D eigenvalue weighted by Gasteiger charge is -2.21. The minimum absolute atomic E-state index is 0.533. The molecular weight excluding hydrogens is 256 g/mol. The molecule has 0 radical (unpaired) electrons. The number of halogens is 1. The molecule has 1 rings (SSSR count). The lowest BCUT2D eigenvalue weighted by atomic mass is 10.1. The number of carboxylic acid groups (broad SMARTS) is 1. The highest BCUT2D eigenvalue weighted by molar-refractivity contribution is 6.31. The van der Waals surface area contributed by atoms with Crippen LogP contribution in [0.25, 0.3) is 0 Å². The molecule has 0 aliphatic carbocycles. The third kappa shape index (κ3) is 3.37. The Morgan fingerprint density at radius 1 is 1.33 bits per heavy atom. The Bertz CT molecular complexity index is 486. The van der Waals surface area contributed by atoms with Gasteiger partial charge in [-0.3, -0.25) is 0 Å². The summed E-state index contributed by atoms with van der Waals surface area (Å²) in [6, 6.07) is 4.51. The summed E-state index contributed by atoms with van der Waals surface area (Å²) in [5, 5.41) is 14.3. The highest BCUT2D eigenvalue weighted by Gasteiger charge is 2.29. The summed E-state index contributed by atoms with van der Waals surface area (Å²) in [7, 11) is 0. The number of hydrogen-bond donors (Lipinski definition) is 3. The van der Waals surface area contributed by atoms with Crippen molar-refractivity contribution in [2.24, 2.45) is 0 Å². The van der Waals surface area contributed by atoms with Crippen LogP contribution in [0, 0.1) is 6.92 Å². The quantitative estimate of drug-likeness (QED) is 0.790. The lowest BCUT2D eigenvalue weighted by Crippen LogP contribution is -2.51. The van der Waals surface area contributed by atoms with E-state index in [1.807, 2.05) is 0 Å². The maximum absolute atomic E-state index is 11.7. The first kappa shape index (κ1) is 14.3. The van der Waals surface area contributed by atoms with Crippen molar-refractivity contribution in [1.29, 1.82) is 0 Å². The van der Waals surface area contributed by atoms with E-state index in [9.17, 15) is 9.59 Å². The summed E-state index contributed by atoms with van der Waals surface area (Å²) < 4.78 is 0. The first-order valence-corrected chi connectivity index (χ1v) is 5.69. The van der Waals surface area contributed by atoms with E-state index in [0.29, 0.717) is 10.7 Å². The number of hydrogen-bond acceptors (Lipinski definition) is 2. The number of carboxylic acids is 1. The summed E-state index contributed by atoms with van der Waals surface area (Å²) in [5.74, 6) is -1.11. The zero-order chi connectivity index (χ0) is 13.9. The zero-order valence-electron chi connectivity index (χ0n) is 10.4. The fraction of sp³-hybridized carbons (Fsp3) is 0.333. The molecule has 0 fully saturated rings. The van der Waals surface area contributed by atoms with Gasteiger partial charge in [0, 0.05) is 10.7 Å². The van der Waals surface area contributed by atoms with Crippen molar-refractivity contribution in [1.82, 2.24) is 5.32 Å². The largest absolute Gasteiger partial charge is 0.480 e. The Hall–Kier alpha value is -1.75. The van der Waals surface area contributed by atoms with Gasteiger partial charge in [0.2, 0.25) is 0 Å². The van der Waals surface area contributed by atoms with Crippen LogP contribution >= 0.6 is 11.6 Å². The SMILES string of the molecule is Cc1c(Cl)cccc1NC(=O)NC(C)(C)C(=O)O. The minimum atomic E-state index is -1.34.